The zero-order valence-corrected chi connectivity index (χ0v) is 12.1. The first-order chi connectivity index (χ1) is 9.60. The highest BCUT2D eigenvalue weighted by Crippen LogP contribution is 2.15. The lowest BCUT2D eigenvalue weighted by atomic mass is 10.2. The zero-order chi connectivity index (χ0) is 14.5. The first kappa shape index (κ1) is 14.3. The molecular weight excluding hydrogens is 276 g/mol. The molecule has 0 saturated heterocycles. The SMILES string of the molecule is COc1cccc(CN(C)C(=O)c2cc(Cl)ccn2)c1. The maximum absolute atomic E-state index is 12.2. The fraction of sp³-hybridized carbons (Fsp3) is 0.200. The lowest BCUT2D eigenvalue weighted by Gasteiger charge is -2.17. The van der Waals surface area contributed by atoms with E-state index in [9.17, 15) is 4.79 Å². The molecule has 0 aliphatic heterocycles. The molecule has 0 saturated carbocycles. The summed E-state index contributed by atoms with van der Waals surface area (Å²) < 4.78 is 5.16. The van der Waals surface area contributed by atoms with Gasteiger partial charge in [0, 0.05) is 24.8 Å². The van der Waals surface area contributed by atoms with Crippen LogP contribution < -0.4 is 4.74 Å². The number of nitrogens with zero attached hydrogens (tertiary/aromatic N) is 2. The molecule has 20 heavy (non-hydrogen) atoms. The van der Waals surface area contributed by atoms with Crippen LogP contribution >= 0.6 is 11.6 Å². The quantitative estimate of drug-likeness (QED) is 0.869. The van der Waals surface area contributed by atoms with Crippen LogP contribution in [0.3, 0.4) is 0 Å². The van der Waals surface area contributed by atoms with Crippen LogP contribution in [0.15, 0.2) is 42.6 Å². The molecular formula is C15H15ClN2O2. The Bertz CT molecular complexity index is 616. The Balaban J connectivity index is 2.11. The van der Waals surface area contributed by atoms with Crippen LogP contribution in [0.4, 0.5) is 0 Å². The van der Waals surface area contributed by atoms with Crippen molar-refractivity contribution in [3.05, 3.63) is 58.9 Å². The number of halogens is 1. The third-order valence-electron chi connectivity index (χ3n) is 2.84. The molecule has 0 N–H and O–H groups in total. The Morgan fingerprint density at radius 1 is 1.35 bits per heavy atom. The van der Waals surface area contributed by atoms with E-state index in [2.05, 4.69) is 4.98 Å². The van der Waals surface area contributed by atoms with Crippen molar-refractivity contribution < 1.29 is 9.53 Å². The largest absolute Gasteiger partial charge is 0.497 e. The summed E-state index contributed by atoms with van der Waals surface area (Å²) in [5.74, 6) is 0.597. The first-order valence-electron chi connectivity index (χ1n) is 6.10. The van der Waals surface area contributed by atoms with Crippen molar-refractivity contribution in [2.45, 2.75) is 6.54 Å². The van der Waals surface area contributed by atoms with E-state index in [1.165, 1.54) is 6.20 Å². The topological polar surface area (TPSA) is 42.4 Å². The van der Waals surface area contributed by atoms with Crippen molar-refractivity contribution in [2.75, 3.05) is 14.2 Å². The maximum atomic E-state index is 12.2. The van der Waals surface area contributed by atoms with E-state index in [-0.39, 0.29) is 5.91 Å². The van der Waals surface area contributed by atoms with Gasteiger partial charge in [0.2, 0.25) is 0 Å². The highest BCUT2D eigenvalue weighted by molar-refractivity contribution is 6.30. The molecule has 5 heteroatoms. The van der Waals surface area contributed by atoms with E-state index >= 15 is 0 Å². The molecule has 0 aliphatic rings. The minimum atomic E-state index is -0.171. The van der Waals surface area contributed by atoms with Crippen molar-refractivity contribution in [2.24, 2.45) is 0 Å². The monoisotopic (exact) mass is 290 g/mol. The molecule has 0 unspecified atom stereocenters. The second-order valence-electron chi connectivity index (χ2n) is 4.37. The Morgan fingerprint density at radius 3 is 2.85 bits per heavy atom. The predicted octanol–water partition coefficient (Wildman–Crippen LogP) is 3.02. The summed E-state index contributed by atoms with van der Waals surface area (Å²) in [4.78, 5) is 17.9. The summed E-state index contributed by atoms with van der Waals surface area (Å²) in [5.41, 5.74) is 1.32. The van der Waals surface area contributed by atoms with E-state index in [4.69, 9.17) is 16.3 Å². The molecule has 1 heterocycles. The molecule has 1 aromatic carbocycles. The summed E-state index contributed by atoms with van der Waals surface area (Å²) in [6.45, 7) is 0.476. The van der Waals surface area contributed by atoms with Crippen molar-refractivity contribution in [3.63, 3.8) is 0 Å². The lowest BCUT2D eigenvalue weighted by Crippen LogP contribution is -2.26. The van der Waals surface area contributed by atoms with E-state index in [1.54, 1.807) is 31.2 Å². The molecule has 0 fully saturated rings. The van der Waals surface area contributed by atoms with Gasteiger partial charge in [-0.3, -0.25) is 9.78 Å². The molecule has 0 bridgehead atoms. The van der Waals surface area contributed by atoms with Crippen molar-refractivity contribution in [1.82, 2.24) is 9.88 Å². The molecule has 4 nitrogen and oxygen atoms in total. The van der Waals surface area contributed by atoms with Crippen molar-refractivity contribution in [3.8, 4) is 5.75 Å². The lowest BCUT2D eigenvalue weighted by molar-refractivity contribution is 0.0779. The average molecular weight is 291 g/mol. The second kappa shape index (κ2) is 6.39. The Morgan fingerprint density at radius 2 is 2.15 bits per heavy atom. The predicted molar refractivity (Wildman–Crippen MR) is 78.0 cm³/mol. The third kappa shape index (κ3) is 3.48. The number of methoxy groups -OCH3 is 1. The first-order valence-corrected chi connectivity index (χ1v) is 6.48. The summed E-state index contributed by atoms with van der Waals surface area (Å²) >= 11 is 5.87. The highest BCUT2D eigenvalue weighted by Gasteiger charge is 2.13. The molecule has 104 valence electrons. The molecule has 2 rings (SSSR count). The standard InChI is InChI=1S/C15H15ClN2O2/c1-18(10-11-4-3-5-13(8-11)20-2)15(19)14-9-12(16)6-7-17-14/h3-9H,10H2,1-2H3. The number of hydrogen-bond acceptors (Lipinski definition) is 3. The third-order valence-corrected chi connectivity index (χ3v) is 3.08. The Hall–Kier alpha value is -2.07. The van der Waals surface area contributed by atoms with Gasteiger partial charge in [-0.2, -0.15) is 0 Å². The number of amides is 1. The number of ether oxygens (including phenoxy) is 1. The number of carbonyl (C=O) groups is 1. The number of pyridine rings is 1. The normalized spacial score (nSPS) is 10.2. The number of carbonyl (C=O) groups excluding carboxylic acids is 1. The van der Waals surface area contributed by atoms with Gasteiger partial charge >= 0.3 is 0 Å². The van der Waals surface area contributed by atoms with Crippen LogP contribution in [0.1, 0.15) is 16.1 Å². The summed E-state index contributed by atoms with van der Waals surface area (Å²) in [7, 11) is 3.34. The fourth-order valence-corrected chi connectivity index (χ4v) is 1.99. The zero-order valence-electron chi connectivity index (χ0n) is 11.3. The maximum Gasteiger partial charge on any atom is 0.272 e. The highest BCUT2D eigenvalue weighted by atomic mass is 35.5. The minimum Gasteiger partial charge on any atom is -0.497 e. The van der Waals surface area contributed by atoms with Gasteiger partial charge in [0.1, 0.15) is 11.4 Å². The van der Waals surface area contributed by atoms with Crippen LogP contribution in [-0.4, -0.2) is 29.9 Å². The summed E-state index contributed by atoms with van der Waals surface area (Å²) in [5, 5.41) is 0.498. The van der Waals surface area contributed by atoms with Gasteiger partial charge in [-0.1, -0.05) is 23.7 Å². The number of benzene rings is 1. The van der Waals surface area contributed by atoms with Crippen LogP contribution in [0.25, 0.3) is 0 Å². The molecule has 0 atom stereocenters. The van der Waals surface area contributed by atoms with E-state index in [1.807, 2.05) is 24.3 Å². The molecule has 1 aromatic heterocycles. The summed E-state index contributed by atoms with van der Waals surface area (Å²) in [6, 6.07) is 10.8. The molecule has 1 amide bonds. The Kier molecular flexibility index (Phi) is 4.58. The second-order valence-corrected chi connectivity index (χ2v) is 4.81. The van der Waals surface area contributed by atoms with Gasteiger partial charge in [-0.25, -0.2) is 0 Å². The fourth-order valence-electron chi connectivity index (χ4n) is 1.83. The van der Waals surface area contributed by atoms with Gasteiger partial charge < -0.3 is 9.64 Å². The number of rotatable bonds is 4. The molecule has 0 spiro atoms. The average Bonchev–Trinajstić information content (AvgIpc) is 2.46. The Labute approximate surface area is 123 Å². The van der Waals surface area contributed by atoms with Gasteiger partial charge in [0.05, 0.1) is 7.11 Å². The van der Waals surface area contributed by atoms with E-state index < -0.39 is 0 Å². The molecule has 2 aromatic rings. The van der Waals surface area contributed by atoms with Crippen molar-refractivity contribution >= 4 is 17.5 Å². The van der Waals surface area contributed by atoms with E-state index in [0.29, 0.717) is 17.3 Å². The van der Waals surface area contributed by atoms with Crippen LogP contribution in [0.2, 0.25) is 5.02 Å². The van der Waals surface area contributed by atoms with Crippen LogP contribution in [0.5, 0.6) is 5.75 Å². The van der Waals surface area contributed by atoms with Gasteiger partial charge in [-0.15, -0.1) is 0 Å². The van der Waals surface area contributed by atoms with Gasteiger partial charge in [-0.05, 0) is 29.8 Å². The number of aromatic nitrogens is 1. The molecule has 0 radical (unpaired) electrons. The van der Waals surface area contributed by atoms with Crippen LogP contribution in [-0.2, 0) is 6.54 Å². The van der Waals surface area contributed by atoms with Crippen molar-refractivity contribution in [1.29, 1.82) is 0 Å². The van der Waals surface area contributed by atoms with Crippen LogP contribution in [0, 0.1) is 0 Å². The minimum absolute atomic E-state index is 0.171. The smallest absolute Gasteiger partial charge is 0.272 e. The van der Waals surface area contributed by atoms with Gasteiger partial charge in [0.25, 0.3) is 5.91 Å². The number of hydrogen-bond donors (Lipinski definition) is 0. The van der Waals surface area contributed by atoms with E-state index in [0.717, 1.165) is 11.3 Å². The molecule has 0 aliphatic carbocycles. The summed E-state index contributed by atoms with van der Waals surface area (Å²) in [6.07, 6.45) is 1.52. The van der Waals surface area contributed by atoms with Gasteiger partial charge in [0.15, 0.2) is 0 Å².